The summed E-state index contributed by atoms with van der Waals surface area (Å²) < 4.78 is 98.4. The Bertz CT molecular complexity index is 1020. The molecule has 0 aliphatic rings. The number of rotatable bonds is 6. The zero-order chi connectivity index (χ0) is 23.3. The molecule has 2 rings (SSSR count). The maximum atomic E-state index is 13.9. The van der Waals surface area contributed by atoms with Gasteiger partial charge in [0.15, 0.2) is 5.83 Å². The van der Waals surface area contributed by atoms with Crippen LogP contribution in [0.2, 0.25) is 0 Å². The molecule has 10 heteroatoms. The summed E-state index contributed by atoms with van der Waals surface area (Å²) in [5.41, 5.74) is -2.30. The molecule has 0 unspecified atom stereocenters. The number of hydrogen-bond donors (Lipinski definition) is 1. The van der Waals surface area contributed by atoms with Gasteiger partial charge in [0.25, 0.3) is 5.91 Å². The van der Waals surface area contributed by atoms with E-state index in [0.29, 0.717) is 18.2 Å². The van der Waals surface area contributed by atoms with Gasteiger partial charge in [-0.05, 0) is 49.7 Å². The Hall–Kier alpha value is -3.30. The van der Waals surface area contributed by atoms with Crippen molar-refractivity contribution in [2.75, 3.05) is 5.32 Å². The van der Waals surface area contributed by atoms with Crippen molar-refractivity contribution in [1.82, 2.24) is 0 Å². The van der Waals surface area contributed by atoms with Crippen LogP contribution in [-0.2, 0) is 11.0 Å². The van der Waals surface area contributed by atoms with Gasteiger partial charge in [-0.15, -0.1) is 0 Å². The molecule has 2 aromatic carbocycles. The molecule has 0 saturated heterocycles. The van der Waals surface area contributed by atoms with E-state index in [4.69, 9.17) is 4.74 Å². The van der Waals surface area contributed by atoms with Crippen molar-refractivity contribution >= 4 is 11.6 Å². The Morgan fingerprint density at radius 2 is 1.65 bits per heavy atom. The van der Waals surface area contributed by atoms with Gasteiger partial charge in [0.1, 0.15) is 34.5 Å². The summed E-state index contributed by atoms with van der Waals surface area (Å²) in [6, 6.07) is 6.37. The molecule has 0 aliphatic carbocycles. The molecule has 0 spiro atoms. The Balaban J connectivity index is 2.25. The third-order valence-corrected chi connectivity index (χ3v) is 3.92. The van der Waals surface area contributed by atoms with Crippen molar-refractivity contribution in [2.45, 2.75) is 26.4 Å². The van der Waals surface area contributed by atoms with Crippen LogP contribution in [0.3, 0.4) is 0 Å². The lowest BCUT2D eigenvalue weighted by Crippen LogP contribution is -2.16. The van der Waals surface area contributed by atoms with Gasteiger partial charge in [-0.1, -0.05) is 6.92 Å². The summed E-state index contributed by atoms with van der Waals surface area (Å²) >= 11 is 0. The average molecular weight is 447 g/mol. The van der Waals surface area contributed by atoms with Crippen LogP contribution >= 0.6 is 0 Å². The quantitative estimate of drug-likeness (QED) is 0.285. The highest BCUT2D eigenvalue weighted by Gasteiger charge is 2.34. The molecule has 166 valence electrons. The molecule has 0 aliphatic heterocycles. The second kappa shape index (κ2) is 9.67. The second-order valence-electron chi connectivity index (χ2n) is 6.20. The Morgan fingerprint density at radius 3 is 2.16 bits per heavy atom. The first-order chi connectivity index (χ1) is 14.4. The molecule has 0 aromatic heterocycles. The van der Waals surface area contributed by atoms with E-state index in [1.165, 1.54) is 19.1 Å². The fourth-order valence-electron chi connectivity index (χ4n) is 2.43. The predicted octanol–water partition coefficient (Wildman–Crippen LogP) is 7.38. The molecular weight excluding hydrogens is 431 g/mol. The maximum Gasteiger partial charge on any atom is 0.419 e. The molecular formula is C21H16F7NO2. The van der Waals surface area contributed by atoms with Crippen molar-refractivity contribution in [3.05, 3.63) is 76.9 Å². The molecule has 1 N–H and O–H groups in total. The number of carbonyl (C=O) groups is 1. The van der Waals surface area contributed by atoms with Crippen LogP contribution in [0.15, 0.2) is 65.5 Å². The van der Waals surface area contributed by atoms with E-state index in [9.17, 15) is 35.5 Å². The number of allylic oxidation sites excluding steroid dienone is 2. The number of alkyl halides is 3. The van der Waals surface area contributed by atoms with Crippen LogP contribution in [0.4, 0.5) is 36.4 Å². The van der Waals surface area contributed by atoms with Gasteiger partial charge in [-0.25, -0.2) is 17.6 Å². The molecule has 0 atom stereocenters. The van der Waals surface area contributed by atoms with Crippen molar-refractivity contribution in [2.24, 2.45) is 0 Å². The standard InChI is InChI=1S/C21H16F7NO2/c1-3-16(24)18(19(25)11(2)22)20(30)29-13-5-7-14(8-6-13)31-17-10-12(23)4-9-15(17)21(26,27)28/h4-10H,3H2,1-2H3,(H,29,30). The zero-order valence-corrected chi connectivity index (χ0v) is 16.2. The summed E-state index contributed by atoms with van der Waals surface area (Å²) in [4.78, 5) is 12.2. The minimum absolute atomic E-state index is 0.00153. The van der Waals surface area contributed by atoms with Gasteiger partial charge in [-0.2, -0.15) is 13.2 Å². The smallest absolute Gasteiger partial charge is 0.419 e. The maximum absolute atomic E-state index is 13.9. The van der Waals surface area contributed by atoms with E-state index in [2.05, 4.69) is 5.32 Å². The van der Waals surface area contributed by atoms with Crippen molar-refractivity contribution in [1.29, 1.82) is 0 Å². The van der Waals surface area contributed by atoms with Crippen LogP contribution in [-0.4, -0.2) is 5.91 Å². The predicted molar refractivity (Wildman–Crippen MR) is 99.9 cm³/mol. The summed E-state index contributed by atoms with van der Waals surface area (Å²) in [5, 5.41) is 2.16. The molecule has 3 nitrogen and oxygen atoms in total. The highest BCUT2D eigenvalue weighted by Crippen LogP contribution is 2.38. The van der Waals surface area contributed by atoms with Gasteiger partial charge in [0, 0.05) is 11.8 Å². The summed E-state index contributed by atoms with van der Waals surface area (Å²) in [6.45, 7) is 2.02. The third kappa shape index (κ3) is 6.09. The lowest BCUT2D eigenvalue weighted by Gasteiger charge is -2.14. The summed E-state index contributed by atoms with van der Waals surface area (Å²) in [7, 11) is 0. The summed E-state index contributed by atoms with van der Waals surface area (Å²) in [6.07, 6.45) is -5.14. The van der Waals surface area contributed by atoms with Crippen molar-refractivity contribution < 1.29 is 40.3 Å². The van der Waals surface area contributed by atoms with Crippen LogP contribution < -0.4 is 10.1 Å². The minimum atomic E-state index is -4.78. The van der Waals surface area contributed by atoms with Crippen LogP contribution in [0, 0.1) is 5.82 Å². The topological polar surface area (TPSA) is 38.3 Å². The van der Waals surface area contributed by atoms with E-state index in [-0.39, 0.29) is 17.9 Å². The number of nitrogens with one attached hydrogen (secondary N) is 1. The number of anilines is 1. The first kappa shape index (κ1) is 24.0. The highest BCUT2D eigenvalue weighted by molar-refractivity contribution is 6.06. The number of ether oxygens (including phenoxy) is 1. The van der Waals surface area contributed by atoms with E-state index in [1.54, 1.807) is 0 Å². The molecule has 0 radical (unpaired) electrons. The summed E-state index contributed by atoms with van der Waals surface area (Å²) in [5.74, 6) is -7.30. The molecule has 0 saturated carbocycles. The number of halogens is 7. The van der Waals surface area contributed by atoms with E-state index in [0.717, 1.165) is 19.1 Å². The average Bonchev–Trinajstić information content (AvgIpc) is 2.68. The van der Waals surface area contributed by atoms with E-state index in [1.807, 2.05) is 0 Å². The van der Waals surface area contributed by atoms with Gasteiger partial charge >= 0.3 is 6.18 Å². The van der Waals surface area contributed by atoms with Crippen molar-refractivity contribution in [3.63, 3.8) is 0 Å². The molecule has 0 fully saturated rings. The Labute approximate surface area is 172 Å². The van der Waals surface area contributed by atoms with Gasteiger partial charge < -0.3 is 10.1 Å². The van der Waals surface area contributed by atoms with Gasteiger partial charge in [-0.3, -0.25) is 4.79 Å². The fraction of sp³-hybridized carbons (Fsp3) is 0.190. The normalized spacial score (nSPS) is 13.3. The molecule has 0 heterocycles. The largest absolute Gasteiger partial charge is 0.457 e. The van der Waals surface area contributed by atoms with Crippen molar-refractivity contribution in [3.8, 4) is 11.5 Å². The Morgan fingerprint density at radius 1 is 1.03 bits per heavy atom. The first-order valence-corrected chi connectivity index (χ1v) is 8.81. The van der Waals surface area contributed by atoms with Crippen LogP contribution in [0.1, 0.15) is 25.8 Å². The monoisotopic (exact) mass is 447 g/mol. The van der Waals surface area contributed by atoms with E-state index < -0.39 is 52.3 Å². The molecule has 2 aromatic rings. The van der Waals surface area contributed by atoms with Crippen LogP contribution in [0.25, 0.3) is 0 Å². The highest BCUT2D eigenvalue weighted by atomic mass is 19.4. The van der Waals surface area contributed by atoms with Crippen LogP contribution in [0.5, 0.6) is 11.5 Å². The third-order valence-electron chi connectivity index (χ3n) is 3.92. The first-order valence-electron chi connectivity index (χ1n) is 8.81. The SMILES string of the molecule is CCC(F)=C(C(=O)Nc1ccc(Oc2cc(F)ccc2C(F)(F)F)cc1)C(F)=C(C)F. The fourth-order valence-corrected chi connectivity index (χ4v) is 2.43. The molecule has 1 amide bonds. The van der Waals surface area contributed by atoms with Gasteiger partial charge in [0.2, 0.25) is 0 Å². The second-order valence-corrected chi connectivity index (χ2v) is 6.20. The molecule has 31 heavy (non-hydrogen) atoms. The number of amides is 1. The number of hydrogen-bond acceptors (Lipinski definition) is 2. The molecule has 0 bridgehead atoms. The lowest BCUT2D eigenvalue weighted by molar-refractivity contribution is -0.138. The zero-order valence-electron chi connectivity index (χ0n) is 16.2. The number of carbonyl (C=O) groups excluding carboxylic acids is 1. The minimum Gasteiger partial charge on any atom is -0.457 e. The number of benzene rings is 2. The lowest BCUT2D eigenvalue weighted by atomic mass is 10.1. The van der Waals surface area contributed by atoms with E-state index >= 15 is 0 Å². The van der Waals surface area contributed by atoms with Gasteiger partial charge in [0.05, 0.1) is 5.56 Å². The Kier molecular flexibility index (Phi) is 7.48.